The minimum absolute atomic E-state index is 0.180. The Bertz CT molecular complexity index is 169. The van der Waals surface area contributed by atoms with E-state index in [4.69, 9.17) is 16.1 Å². The normalized spacial score (nSPS) is 15.3. The van der Waals surface area contributed by atoms with E-state index in [0.717, 1.165) is 0 Å². The quantitative estimate of drug-likeness (QED) is 0.584. The smallest absolute Gasteiger partial charge is 0.323 e. The van der Waals surface area contributed by atoms with Gasteiger partial charge in [0.2, 0.25) is 0 Å². The summed E-state index contributed by atoms with van der Waals surface area (Å²) in [5.41, 5.74) is 4.04. The second-order valence-electron chi connectivity index (χ2n) is 2.38. The zero-order chi connectivity index (χ0) is 8.20. The molecule has 1 atom stereocenters. The fourth-order valence-electron chi connectivity index (χ4n) is 0.423. The predicted molar refractivity (Wildman–Crippen MR) is 35.1 cm³/mol. The molecule has 4 nitrogen and oxygen atoms in total. The molecule has 0 saturated carbocycles. The molecule has 0 aromatic heterocycles. The molecule has 3 N–H and O–H groups in total. The molecule has 0 aliphatic carbocycles. The Labute approximate surface area is 59.3 Å². The van der Waals surface area contributed by atoms with Crippen molar-refractivity contribution < 1.29 is 9.90 Å². The van der Waals surface area contributed by atoms with Gasteiger partial charge in [-0.3, -0.25) is 4.79 Å². The lowest BCUT2D eigenvalue weighted by Crippen LogP contribution is -2.44. The number of nitrogens with zero attached hydrogens (tertiary/aromatic N) is 1. The summed E-state index contributed by atoms with van der Waals surface area (Å²) in [6, 6.07) is 1.84. The Morgan fingerprint density at radius 1 is 1.90 bits per heavy atom. The minimum atomic E-state index is -1.25. The molecule has 0 aliphatic heterocycles. The summed E-state index contributed by atoms with van der Waals surface area (Å²) >= 11 is 0. The third kappa shape index (κ3) is 2.46. The van der Waals surface area contributed by atoms with Crippen LogP contribution in [0.2, 0.25) is 0 Å². The van der Waals surface area contributed by atoms with E-state index in [2.05, 4.69) is 0 Å². The summed E-state index contributed by atoms with van der Waals surface area (Å²) in [6.07, 6.45) is 0.373. The van der Waals surface area contributed by atoms with Crippen LogP contribution in [0, 0.1) is 11.3 Å². The molecule has 10 heavy (non-hydrogen) atoms. The summed E-state index contributed by atoms with van der Waals surface area (Å²) in [5, 5.41) is 16.5. The van der Waals surface area contributed by atoms with E-state index in [-0.39, 0.29) is 12.8 Å². The van der Waals surface area contributed by atoms with Crippen LogP contribution < -0.4 is 5.73 Å². The van der Waals surface area contributed by atoms with Crippen molar-refractivity contribution in [3.63, 3.8) is 0 Å². The molecule has 0 amide bonds. The zero-order valence-corrected chi connectivity index (χ0v) is 5.79. The van der Waals surface area contributed by atoms with Gasteiger partial charge in [-0.05, 0) is 13.3 Å². The van der Waals surface area contributed by atoms with Gasteiger partial charge in [-0.2, -0.15) is 5.26 Å². The van der Waals surface area contributed by atoms with E-state index in [0.29, 0.717) is 0 Å². The van der Waals surface area contributed by atoms with Crippen molar-refractivity contribution in [1.29, 1.82) is 5.26 Å². The van der Waals surface area contributed by atoms with Crippen molar-refractivity contribution in [3.8, 4) is 6.07 Å². The van der Waals surface area contributed by atoms with E-state index in [1.54, 1.807) is 0 Å². The average Bonchev–Trinajstić information content (AvgIpc) is 1.84. The third-order valence-corrected chi connectivity index (χ3v) is 1.24. The number of nitriles is 1. The highest BCUT2D eigenvalue weighted by Crippen LogP contribution is 2.07. The average molecular weight is 142 g/mol. The molecule has 0 unspecified atom stereocenters. The van der Waals surface area contributed by atoms with Crippen LogP contribution >= 0.6 is 0 Å². The van der Waals surface area contributed by atoms with E-state index >= 15 is 0 Å². The van der Waals surface area contributed by atoms with Crippen LogP contribution in [0.15, 0.2) is 0 Å². The molecular weight excluding hydrogens is 132 g/mol. The van der Waals surface area contributed by atoms with E-state index in [1.165, 1.54) is 6.92 Å². The number of rotatable bonds is 3. The van der Waals surface area contributed by atoms with Gasteiger partial charge in [-0.25, -0.2) is 0 Å². The maximum atomic E-state index is 10.3. The Hall–Kier alpha value is -1.08. The minimum Gasteiger partial charge on any atom is -0.480 e. The van der Waals surface area contributed by atoms with Gasteiger partial charge in [-0.1, -0.05) is 0 Å². The van der Waals surface area contributed by atoms with Crippen molar-refractivity contribution in [1.82, 2.24) is 0 Å². The highest BCUT2D eigenvalue weighted by molar-refractivity contribution is 5.77. The van der Waals surface area contributed by atoms with Gasteiger partial charge in [0.1, 0.15) is 5.54 Å². The van der Waals surface area contributed by atoms with Gasteiger partial charge in [0.25, 0.3) is 0 Å². The van der Waals surface area contributed by atoms with Crippen LogP contribution in [0.1, 0.15) is 19.8 Å². The fraction of sp³-hybridized carbons (Fsp3) is 0.667. The number of carbonyl (C=O) groups is 1. The lowest BCUT2D eigenvalue weighted by atomic mass is 9.98. The number of hydrogen-bond acceptors (Lipinski definition) is 3. The summed E-state index contributed by atoms with van der Waals surface area (Å²) < 4.78 is 0. The van der Waals surface area contributed by atoms with Gasteiger partial charge in [0.15, 0.2) is 0 Å². The van der Waals surface area contributed by atoms with Crippen molar-refractivity contribution in [2.75, 3.05) is 0 Å². The molecule has 0 spiro atoms. The van der Waals surface area contributed by atoms with E-state index in [9.17, 15) is 4.79 Å². The fourth-order valence-corrected chi connectivity index (χ4v) is 0.423. The monoisotopic (exact) mass is 142 g/mol. The number of nitrogens with two attached hydrogens (primary N) is 1. The molecule has 0 radical (unpaired) electrons. The highest BCUT2D eigenvalue weighted by Gasteiger charge is 2.26. The SMILES string of the molecule is C[C@@](N)(CCC#N)C(=O)O. The van der Waals surface area contributed by atoms with Crippen LogP contribution in [-0.2, 0) is 4.79 Å². The maximum Gasteiger partial charge on any atom is 0.323 e. The highest BCUT2D eigenvalue weighted by atomic mass is 16.4. The van der Waals surface area contributed by atoms with Crippen LogP contribution in [0.5, 0.6) is 0 Å². The van der Waals surface area contributed by atoms with Crippen LogP contribution in [-0.4, -0.2) is 16.6 Å². The van der Waals surface area contributed by atoms with Gasteiger partial charge in [-0.15, -0.1) is 0 Å². The van der Waals surface area contributed by atoms with Crippen molar-refractivity contribution in [3.05, 3.63) is 0 Å². The van der Waals surface area contributed by atoms with Gasteiger partial charge in [0, 0.05) is 6.42 Å². The molecule has 0 bridgehead atoms. The number of carboxylic acid groups (broad SMARTS) is 1. The Morgan fingerprint density at radius 3 is 2.70 bits per heavy atom. The van der Waals surface area contributed by atoms with E-state index in [1.807, 2.05) is 6.07 Å². The molecule has 0 aromatic rings. The van der Waals surface area contributed by atoms with Crippen LogP contribution in [0.25, 0.3) is 0 Å². The first-order valence-corrected chi connectivity index (χ1v) is 2.90. The first kappa shape index (κ1) is 8.92. The van der Waals surface area contributed by atoms with E-state index < -0.39 is 11.5 Å². The first-order chi connectivity index (χ1) is 4.50. The molecule has 0 aliphatic rings. The number of carboxylic acids is 1. The zero-order valence-electron chi connectivity index (χ0n) is 5.79. The number of hydrogen-bond donors (Lipinski definition) is 2. The largest absolute Gasteiger partial charge is 0.480 e. The molecule has 0 rings (SSSR count). The Kier molecular flexibility index (Phi) is 2.84. The van der Waals surface area contributed by atoms with Crippen molar-refractivity contribution in [2.24, 2.45) is 5.73 Å². The summed E-state index contributed by atoms with van der Waals surface area (Å²) in [6.45, 7) is 1.40. The summed E-state index contributed by atoms with van der Waals surface area (Å²) in [7, 11) is 0. The molecule has 56 valence electrons. The molecule has 0 aromatic carbocycles. The molecule has 0 heterocycles. The van der Waals surface area contributed by atoms with Crippen molar-refractivity contribution in [2.45, 2.75) is 25.3 Å². The van der Waals surface area contributed by atoms with Crippen LogP contribution in [0.3, 0.4) is 0 Å². The third-order valence-electron chi connectivity index (χ3n) is 1.24. The van der Waals surface area contributed by atoms with Gasteiger partial charge >= 0.3 is 5.97 Å². The molecule has 0 fully saturated rings. The Morgan fingerprint density at radius 2 is 2.40 bits per heavy atom. The molecule has 4 heteroatoms. The second-order valence-corrected chi connectivity index (χ2v) is 2.38. The topological polar surface area (TPSA) is 87.1 Å². The maximum absolute atomic E-state index is 10.3. The lowest BCUT2D eigenvalue weighted by Gasteiger charge is -2.16. The molecular formula is C6H10N2O2. The molecule has 0 saturated heterocycles. The standard InChI is InChI=1S/C6H10N2O2/c1-6(8,5(9)10)3-2-4-7/h2-3,8H2,1H3,(H,9,10)/t6-/m1/s1. The Balaban J connectivity index is 3.90. The summed E-state index contributed by atoms with van der Waals surface area (Å²) in [5.74, 6) is -1.07. The summed E-state index contributed by atoms with van der Waals surface area (Å²) in [4.78, 5) is 10.3. The number of aliphatic carboxylic acids is 1. The second kappa shape index (κ2) is 3.18. The lowest BCUT2D eigenvalue weighted by molar-refractivity contribution is -0.142. The predicted octanol–water partition coefficient (Wildman–Crippen LogP) is 0.0922. The van der Waals surface area contributed by atoms with Gasteiger partial charge < -0.3 is 10.8 Å². The van der Waals surface area contributed by atoms with Crippen molar-refractivity contribution >= 4 is 5.97 Å². The van der Waals surface area contributed by atoms with Gasteiger partial charge in [0.05, 0.1) is 6.07 Å². The first-order valence-electron chi connectivity index (χ1n) is 2.90. The van der Waals surface area contributed by atoms with Crippen LogP contribution in [0.4, 0.5) is 0 Å².